The highest BCUT2D eigenvalue weighted by Gasteiger charge is 2.25. The normalized spacial score (nSPS) is 14.9. The number of carbonyl (C=O) groups is 1. The molecule has 0 atom stereocenters. The lowest BCUT2D eigenvalue weighted by Crippen LogP contribution is -2.54. The highest BCUT2D eigenvalue weighted by Crippen LogP contribution is 2.33. The van der Waals surface area contributed by atoms with Crippen molar-refractivity contribution in [2.24, 2.45) is 5.73 Å². The Kier molecular flexibility index (Phi) is 5.55. The van der Waals surface area contributed by atoms with Crippen LogP contribution in [0.3, 0.4) is 0 Å². The summed E-state index contributed by atoms with van der Waals surface area (Å²) in [6.07, 6.45) is 5.42. The topological polar surface area (TPSA) is 84.4 Å². The monoisotopic (exact) mass is 374 g/mol. The second-order valence-corrected chi connectivity index (χ2v) is 7.70. The number of hydrogen-bond acceptors (Lipinski definition) is 4. The lowest BCUT2D eigenvalue weighted by molar-refractivity contribution is 0.0810. The van der Waals surface area contributed by atoms with Crippen LogP contribution in [0.15, 0.2) is 36.4 Å². The number of amides is 1. The summed E-state index contributed by atoms with van der Waals surface area (Å²) in [5.41, 5.74) is 16.3. The lowest BCUT2D eigenvalue weighted by Gasteiger charge is -2.34. The maximum atomic E-state index is 12.7. The van der Waals surface area contributed by atoms with Gasteiger partial charge in [-0.2, -0.15) is 0 Å². The van der Waals surface area contributed by atoms with Crippen molar-refractivity contribution in [3.05, 3.63) is 42.0 Å². The molecule has 1 aromatic heterocycles. The summed E-state index contributed by atoms with van der Waals surface area (Å²) < 4.78 is 0. The maximum Gasteiger partial charge on any atom is 0.272 e. The van der Waals surface area contributed by atoms with Crippen molar-refractivity contribution >= 4 is 39.6 Å². The molecule has 5 nitrogen and oxygen atoms in total. The van der Waals surface area contributed by atoms with E-state index in [9.17, 15) is 4.79 Å². The third-order valence-corrected chi connectivity index (χ3v) is 5.67. The van der Waals surface area contributed by atoms with E-state index in [2.05, 4.69) is 5.43 Å². The second kappa shape index (κ2) is 7.84. The Labute approximate surface area is 157 Å². The van der Waals surface area contributed by atoms with E-state index < -0.39 is 0 Å². The largest absolute Gasteiger partial charge is 0.390 e. The van der Waals surface area contributed by atoms with Crippen molar-refractivity contribution < 1.29 is 4.79 Å². The SMILES string of the molecule is NC(=S)N(NC(=O)c1cc(-c2ccccc2)sc1N)C1CCCCC1. The first-order chi connectivity index (χ1) is 12.1. The zero-order valence-corrected chi connectivity index (χ0v) is 15.5. The third-order valence-electron chi connectivity index (χ3n) is 4.46. The van der Waals surface area contributed by atoms with E-state index in [-0.39, 0.29) is 17.1 Å². The first kappa shape index (κ1) is 17.7. The van der Waals surface area contributed by atoms with Crippen LogP contribution in [-0.2, 0) is 0 Å². The molecule has 1 aliphatic rings. The molecular weight excluding hydrogens is 352 g/mol. The molecular formula is C18H22N4OS2. The van der Waals surface area contributed by atoms with Gasteiger partial charge in [0.1, 0.15) is 0 Å². The number of nitrogens with two attached hydrogens (primary N) is 2. The van der Waals surface area contributed by atoms with Gasteiger partial charge in [0.15, 0.2) is 5.11 Å². The van der Waals surface area contributed by atoms with Gasteiger partial charge in [-0.05, 0) is 36.7 Å². The first-order valence-electron chi connectivity index (χ1n) is 8.40. The number of hydrazine groups is 1. The predicted molar refractivity (Wildman–Crippen MR) is 107 cm³/mol. The van der Waals surface area contributed by atoms with E-state index in [1.165, 1.54) is 17.8 Å². The van der Waals surface area contributed by atoms with Gasteiger partial charge < -0.3 is 11.5 Å². The highest BCUT2D eigenvalue weighted by atomic mass is 32.1. The molecule has 1 heterocycles. The number of nitrogen functional groups attached to an aromatic ring is 1. The summed E-state index contributed by atoms with van der Waals surface area (Å²) in [6.45, 7) is 0. The van der Waals surface area contributed by atoms with E-state index in [0.717, 1.165) is 36.1 Å². The van der Waals surface area contributed by atoms with Gasteiger partial charge in [-0.3, -0.25) is 15.2 Å². The van der Waals surface area contributed by atoms with Gasteiger partial charge in [-0.15, -0.1) is 11.3 Å². The zero-order valence-electron chi connectivity index (χ0n) is 13.9. The summed E-state index contributed by atoms with van der Waals surface area (Å²) in [5, 5.41) is 2.32. The number of rotatable bonds is 3. The lowest BCUT2D eigenvalue weighted by atomic mass is 9.95. The molecule has 1 saturated carbocycles. The maximum absolute atomic E-state index is 12.7. The Morgan fingerprint density at radius 3 is 2.52 bits per heavy atom. The number of thiophene rings is 1. The summed E-state index contributed by atoms with van der Waals surface area (Å²) in [7, 11) is 0. The fourth-order valence-corrected chi connectivity index (χ4v) is 4.29. The van der Waals surface area contributed by atoms with Crippen LogP contribution in [0, 0.1) is 0 Å². The standard InChI is InChI=1S/C18H22N4OS2/c19-16-14(11-15(25-16)12-7-3-1-4-8-12)17(23)21-22(18(20)24)13-9-5-2-6-10-13/h1,3-4,7-8,11,13H,2,5-6,9-10,19H2,(H2,20,24)(H,21,23). The van der Waals surface area contributed by atoms with Gasteiger partial charge in [-0.1, -0.05) is 49.6 Å². The summed E-state index contributed by atoms with van der Waals surface area (Å²) in [4.78, 5) is 13.7. The number of benzene rings is 1. The number of nitrogens with one attached hydrogen (secondary N) is 1. The number of carbonyl (C=O) groups excluding carboxylic acids is 1. The van der Waals surface area contributed by atoms with Crippen molar-refractivity contribution in [1.82, 2.24) is 10.4 Å². The summed E-state index contributed by atoms with van der Waals surface area (Å²) in [5.74, 6) is -0.269. The molecule has 1 amide bonds. The molecule has 3 rings (SSSR count). The van der Waals surface area contributed by atoms with Crippen molar-refractivity contribution in [3.8, 4) is 10.4 Å². The van der Waals surface area contributed by atoms with Crippen LogP contribution in [-0.4, -0.2) is 22.1 Å². The minimum Gasteiger partial charge on any atom is -0.390 e. The predicted octanol–water partition coefficient (Wildman–Crippen LogP) is 3.52. The van der Waals surface area contributed by atoms with Crippen molar-refractivity contribution in [2.45, 2.75) is 38.1 Å². The van der Waals surface area contributed by atoms with Crippen LogP contribution < -0.4 is 16.9 Å². The molecule has 0 aliphatic heterocycles. The van der Waals surface area contributed by atoms with Crippen LogP contribution in [0.5, 0.6) is 0 Å². The third kappa shape index (κ3) is 4.11. The van der Waals surface area contributed by atoms with Gasteiger partial charge in [0.2, 0.25) is 0 Å². The van der Waals surface area contributed by atoms with Crippen molar-refractivity contribution in [3.63, 3.8) is 0 Å². The van der Waals surface area contributed by atoms with Gasteiger partial charge in [0.05, 0.1) is 16.6 Å². The average molecular weight is 375 g/mol. The number of anilines is 1. The molecule has 0 bridgehead atoms. The Balaban J connectivity index is 1.78. The first-order valence-corrected chi connectivity index (χ1v) is 9.63. The molecule has 0 spiro atoms. The Morgan fingerprint density at radius 1 is 1.20 bits per heavy atom. The molecule has 132 valence electrons. The Bertz CT molecular complexity index is 754. The highest BCUT2D eigenvalue weighted by molar-refractivity contribution is 7.80. The molecule has 1 aliphatic carbocycles. The minimum absolute atomic E-state index is 0.156. The van der Waals surface area contributed by atoms with Crippen LogP contribution in [0.2, 0.25) is 0 Å². The average Bonchev–Trinajstić information content (AvgIpc) is 3.02. The van der Waals surface area contributed by atoms with E-state index in [0.29, 0.717) is 10.6 Å². The molecule has 0 saturated heterocycles. The van der Waals surface area contributed by atoms with Crippen LogP contribution in [0.4, 0.5) is 5.00 Å². The minimum atomic E-state index is -0.269. The van der Waals surface area contributed by atoms with Crippen LogP contribution in [0.1, 0.15) is 42.5 Å². The number of hydrogen-bond donors (Lipinski definition) is 3. The Morgan fingerprint density at radius 2 is 1.88 bits per heavy atom. The molecule has 2 aromatic rings. The van der Waals surface area contributed by atoms with E-state index >= 15 is 0 Å². The fraction of sp³-hybridized carbons (Fsp3) is 0.333. The molecule has 25 heavy (non-hydrogen) atoms. The fourth-order valence-electron chi connectivity index (χ4n) is 3.16. The molecule has 7 heteroatoms. The summed E-state index contributed by atoms with van der Waals surface area (Å²) in [6, 6.07) is 11.9. The number of nitrogens with zero attached hydrogens (tertiary/aromatic N) is 1. The van der Waals surface area contributed by atoms with Gasteiger partial charge in [0.25, 0.3) is 5.91 Å². The van der Waals surface area contributed by atoms with Gasteiger partial charge in [-0.25, -0.2) is 0 Å². The molecule has 1 fully saturated rings. The van der Waals surface area contributed by atoms with E-state index in [4.69, 9.17) is 23.7 Å². The van der Waals surface area contributed by atoms with Gasteiger partial charge >= 0.3 is 0 Å². The molecule has 0 unspecified atom stereocenters. The molecule has 1 aromatic carbocycles. The van der Waals surface area contributed by atoms with Gasteiger partial charge in [0, 0.05) is 4.88 Å². The van der Waals surface area contributed by atoms with Crippen molar-refractivity contribution in [1.29, 1.82) is 0 Å². The summed E-state index contributed by atoms with van der Waals surface area (Å²) >= 11 is 6.54. The zero-order chi connectivity index (χ0) is 17.8. The van der Waals surface area contributed by atoms with Crippen LogP contribution >= 0.6 is 23.6 Å². The van der Waals surface area contributed by atoms with E-state index in [1.807, 2.05) is 36.4 Å². The second-order valence-electron chi connectivity index (χ2n) is 6.20. The molecule has 5 N–H and O–H groups in total. The molecule has 0 radical (unpaired) electrons. The quantitative estimate of drug-likeness (QED) is 0.565. The smallest absolute Gasteiger partial charge is 0.272 e. The Hall–Kier alpha value is -2.12. The van der Waals surface area contributed by atoms with E-state index in [1.54, 1.807) is 5.01 Å². The van der Waals surface area contributed by atoms with Crippen molar-refractivity contribution in [2.75, 3.05) is 5.73 Å². The van der Waals surface area contributed by atoms with Crippen LogP contribution in [0.25, 0.3) is 10.4 Å². The number of thiocarbonyl (C=S) groups is 1.